The number of hydrogen-bond donors (Lipinski definition) is 1. The average molecular weight is 427 g/mol. The molecule has 0 unspecified atom stereocenters. The van der Waals surface area contributed by atoms with E-state index in [1.54, 1.807) is 0 Å². The molecule has 4 saturated carbocycles. The van der Waals surface area contributed by atoms with Gasteiger partial charge in [0.2, 0.25) is 10.0 Å². The molecule has 10 heteroatoms. The standard InChI is InChI=1S/C18H19F6NO2S/c19-17(20,21)13-6-14(18(22,23)24)8-15(7-13)28(26,27)25-16-11-2-9-1-10(4-11)5-12(16)3-9/h6-12,16,25H,1-5H2. The van der Waals surface area contributed by atoms with Gasteiger partial charge in [-0.15, -0.1) is 0 Å². The zero-order valence-electron chi connectivity index (χ0n) is 14.6. The summed E-state index contributed by atoms with van der Waals surface area (Å²) in [6.07, 6.45) is -5.61. The molecule has 156 valence electrons. The lowest BCUT2D eigenvalue weighted by Crippen LogP contribution is -2.55. The molecule has 1 aromatic carbocycles. The second-order valence-corrected chi connectivity index (χ2v) is 10.0. The Balaban J connectivity index is 1.67. The van der Waals surface area contributed by atoms with Crippen LogP contribution >= 0.6 is 0 Å². The first kappa shape index (κ1) is 20.0. The van der Waals surface area contributed by atoms with Gasteiger partial charge in [0, 0.05) is 6.04 Å². The van der Waals surface area contributed by atoms with Gasteiger partial charge in [-0.3, -0.25) is 0 Å². The van der Waals surface area contributed by atoms with Crippen LogP contribution in [0.3, 0.4) is 0 Å². The molecule has 0 spiro atoms. The molecule has 4 fully saturated rings. The van der Waals surface area contributed by atoms with Crippen molar-refractivity contribution in [2.75, 3.05) is 0 Å². The third-order valence-electron chi connectivity index (χ3n) is 6.39. The van der Waals surface area contributed by atoms with Gasteiger partial charge in [-0.1, -0.05) is 0 Å². The van der Waals surface area contributed by atoms with Crippen LogP contribution in [0.4, 0.5) is 26.3 Å². The molecule has 0 heterocycles. The molecule has 4 aliphatic rings. The fourth-order valence-electron chi connectivity index (χ4n) is 5.45. The molecule has 0 atom stereocenters. The fourth-order valence-corrected chi connectivity index (χ4v) is 6.89. The highest BCUT2D eigenvalue weighted by Gasteiger charge is 2.49. The van der Waals surface area contributed by atoms with Crippen LogP contribution in [0.25, 0.3) is 0 Å². The van der Waals surface area contributed by atoms with Crippen LogP contribution in [-0.2, 0) is 22.4 Å². The highest BCUT2D eigenvalue weighted by Crippen LogP contribution is 2.54. The van der Waals surface area contributed by atoms with Crippen molar-refractivity contribution in [3.05, 3.63) is 29.3 Å². The summed E-state index contributed by atoms with van der Waals surface area (Å²) in [6, 6.07) is 0.0464. The maximum Gasteiger partial charge on any atom is 0.416 e. The number of rotatable bonds is 3. The van der Waals surface area contributed by atoms with Gasteiger partial charge in [0.25, 0.3) is 0 Å². The van der Waals surface area contributed by atoms with Crippen molar-refractivity contribution < 1.29 is 34.8 Å². The summed E-state index contributed by atoms with van der Waals surface area (Å²) in [5.41, 5.74) is -3.26. The van der Waals surface area contributed by atoms with Crippen LogP contribution in [0.5, 0.6) is 0 Å². The molecule has 0 saturated heterocycles. The molecule has 0 radical (unpaired) electrons. The fraction of sp³-hybridized carbons (Fsp3) is 0.667. The summed E-state index contributed by atoms with van der Waals surface area (Å²) in [6.45, 7) is 0. The minimum atomic E-state index is -5.09. The van der Waals surface area contributed by atoms with Crippen molar-refractivity contribution in [2.24, 2.45) is 23.7 Å². The van der Waals surface area contributed by atoms with Crippen molar-refractivity contribution in [1.29, 1.82) is 0 Å². The molecular formula is C18H19F6NO2S. The van der Waals surface area contributed by atoms with Gasteiger partial charge in [0.1, 0.15) is 0 Å². The molecule has 3 nitrogen and oxygen atoms in total. The van der Waals surface area contributed by atoms with Crippen LogP contribution in [0, 0.1) is 23.7 Å². The molecule has 4 bridgehead atoms. The smallest absolute Gasteiger partial charge is 0.208 e. The van der Waals surface area contributed by atoms with Crippen LogP contribution in [0.1, 0.15) is 43.2 Å². The Morgan fingerprint density at radius 2 is 1.18 bits per heavy atom. The second-order valence-electron chi connectivity index (χ2n) is 8.32. The van der Waals surface area contributed by atoms with Crippen molar-refractivity contribution in [1.82, 2.24) is 4.72 Å². The van der Waals surface area contributed by atoms with E-state index in [4.69, 9.17) is 0 Å². The van der Waals surface area contributed by atoms with Gasteiger partial charge in [0.05, 0.1) is 16.0 Å². The van der Waals surface area contributed by atoms with Crippen LogP contribution < -0.4 is 4.72 Å². The number of sulfonamides is 1. The minimum absolute atomic E-state index is 0.0676. The first-order valence-electron chi connectivity index (χ1n) is 9.15. The third kappa shape index (κ3) is 3.65. The van der Waals surface area contributed by atoms with E-state index in [2.05, 4.69) is 4.72 Å². The van der Waals surface area contributed by atoms with Gasteiger partial charge in [-0.2, -0.15) is 26.3 Å². The van der Waals surface area contributed by atoms with Gasteiger partial charge >= 0.3 is 12.4 Å². The van der Waals surface area contributed by atoms with Gasteiger partial charge < -0.3 is 0 Å². The molecule has 0 amide bonds. The SMILES string of the molecule is O=S(=O)(NC1C2CC3CC(C2)CC1C3)c1cc(C(F)(F)F)cc(C(F)(F)F)c1. The minimum Gasteiger partial charge on any atom is -0.208 e. The monoisotopic (exact) mass is 427 g/mol. The Hall–Kier alpha value is -1.29. The Bertz CT molecular complexity index is 817. The third-order valence-corrected chi connectivity index (χ3v) is 7.83. The summed E-state index contributed by atoms with van der Waals surface area (Å²) < 4.78 is 106. The Morgan fingerprint density at radius 1 is 0.750 bits per heavy atom. The van der Waals surface area contributed by atoms with Crippen molar-refractivity contribution in [3.8, 4) is 0 Å². The predicted molar refractivity (Wildman–Crippen MR) is 87.6 cm³/mol. The second kappa shape index (κ2) is 6.35. The lowest BCUT2D eigenvalue weighted by atomic mass is 9.54. The largest absolute Gasteiger partial charge is 0.416 e. The van der Waals surface area contributed by atoms with Gasteiger partial charge in [-0.05, 0) is 74.0 Å². The molecule has 0 aromatic heterocycles. The summed E-state index contributed by atoms with van der Waals surface area (Å²) in [7, 11) is -4.52. The van der Waals surface area contributed by atoms with Gasteiger partial charge in [0.15, 0.2) is 0 Å². The summed E-state index contributed by atoms with van der Waals surface area (Å²) in [5, 5.41) is 0. The van der Waals surface area contributed by atoms with Crippen molar-refractivity contribution in [3.63, 3.8) is 0 Å². The normalized spacial score (nSPS) is 32.7. The topological polar surface area (TPSA) is 46.2 Å². The number of halogens is 6. The molecule has 1 N–H and O–H groups in total. The lowest BCUT2D eigenvalue weighted by molar-refractivity contribution is -0.143. The highest BCUT2D eigenvalue weighted by atomic mass is 32.2. The van der Waals surface area contributed by atoms with E-state index in [-0.39, 0.29) is 30.0 Å². The molecule has 28 heavy (non-hydrogen) atoms. The molecule has 0 aliphatic heterocycles. The predicted octanol–water partition coefficient (Wildman–Crippen LogP) is 4.83. The zero-order chi connectivity index (χ0) is 20.5. The van der Waals surface area contributed by atoms with E-state index in [0.29, 0.717) is 11.8 Å². The number of alkyl halides is 6. The number of hydrogen-bond acceptors (Lipinski definition) is 2. The number of nitrogens with one attached hydrogen (secondary N) is 1. The maximum absolute atomic E-state index is 13.0. The van der Waals surface area contributed by atoms with Crippen molar-refractivity contribution >= 4 is 10.0 Å². The summed E-state index contributed by atoms with van der Waals surface area (Å²) >= 11 is 0. The van der Waals surface area contributed by atoms with E-state index in [0.717, 1.165) is 32.1 Å². The van der Waals surface area contributed by atoms with Crippen LogP contribution in [0.15, 0.2) is 23.1 Å². The molecular weight excluding hydrogens is 408 g/mol. The zero-order valence-corrected chi connectivity index (χ0v) is 15.5. The van der Waals surface area contributed by atoms with Crippen LogP contribution in [0.2, 0.25) is 0 Å². The first-order valence-corrected chi connectivity index (χ1v) is 10.6. The average Bonchev–Trinajstić information content (AvgIpc) is 2.55. The van der Waals surface area contributed by atoms with Gasteiger partial charge in [-0.25, -0.2) is 13.1 Å². The Labute approximate surface area is 158 Å². The molecule has 4 aliphatic carbocycles. The molecule has 1 aromatic rings. The van der Waals surface area contributed by atoms with Crippen molar-refractivity contribution in [2.45, 2.75) is 55.4 Å². The van der Waals surface area contributed by atoms with E-state index >= 15 is 0 Å². The summed E-state index contributed by atoms with van der Waals surface area (Å²) in [4.78, 5) is -0.997. The Morgan fingerprint density at radius 3 is 1.57 bits per heavy atom. The van der Waals surface area contributed by atoms with Crippen LogP contribution in [-0.4, -0.2) is 14.5 Å². The Kier molecular flexibility index (Phi) is 4.54. The maximum atomic E-state index is 13.0. The first-order chi connectivity index (χ1) is 12.8. The quantitative estimate of drug-likeness (QED) is 0.703. The highest BCUT2D eigenvalue weighted by molar-refractivity contribution is 7.89. The van der Waals surface area contributed by atoms with E-state index in [1.165, 1.54) is 0 Å². The van der Waals surface area contributed by atoms with E-state index < -0.39 is 44.4 Å². The number of benzene rings is 1. The van der Waals surface area contributed by atoms with E-state index in [9.17, 15) is 34.8 Å². The van der Waals surface area contributed by atoms with E-state index in [1.807, 2.05) is 0 Å². The molecule has 5 rings (SSSR count). The summed E-state index contributed by atoms with van der Waals surface area (Å²) in [5.74, 6) is 1.29. The lowest BCUT2D eigenvalue weighted by Gasteiger charge is -2.54.